The van der Waals surface area contributed by atoms with E-state index in [1.165, 1.54) is 0 Å². The molecule has 0 fully saturated rings. The zero-order chi connectivity index (χ0) is 39.0. The Kier molecular flexibility index (Phi) is 20.5. The van der Waals surface area contributed by atoms with Crippen LogP contribution in [0, 0.1) is 0 Å². The molecule has 0 radical (unpaired) electrons. The molecule has 2 amide bonds. The molecule has 15 heteroatoms. The van der Waals surface area contributed by atoms with Gasteiger partial charge in [0.05, 0.1) is 85.7 Å². The number of hydrogen-bond acceptors (Lipinski definition) is 12. The van der Waals surface area contributed by atoms with Gasteiger partial charge in [-0.05, 0) is 49.4 Å². The van der Waals surface area contributed by atoms with Gasteiger partial charge in [-0.15, -0.1) is 0 Å². The summed E-state index contributed by atoms with van der Waals surface area (Å²) in [5, 5.41) is 13.9. The van der Waals surface area contributed by atoms with Crippen LogP contribution in [-0.2, 0) is 52.3 Å². The highest BCUT2D eigenvalue weighted by atomic mass is 16.6. The largest absolute Gasteiger partial charge is 0.481 e. The molecule has 0 saturated heterocycles. The van der Waals surface area contributed by atoms with Crippen LogP contribution in [0.15, 0.2) is 48.5 Å². The highest BCUT2D eigenvalue weighted by Gasteiger charge is 2.30. The quantitative estimate of drug-likeness (QED) is 0.0843. The van der Waals surface area contributed by atoms with Gasteiger partial charge in [-0.2, -0.15) is 0 Å². The summed E-state index contributed by atoms with van der Waals surface area (Å²) >= 11 is 0. The number of rotatable bonds is 28. The Hall–Kier alpha value is -4.12. The number of nitrogens with one attached hydrogen (secondary N) is 2. The topological polar surface area (TPSA) is 186 Å². The molecule has 1 atom stereocenters. The SMILES string of the molecule is CC(C)(C)OC(=O)CC[C@H](NC(=O)OCC1c2ccccc2-c2ccccc21)C(=O)NCCOCCOCCOCCOCCOCCOCCC(=O)O. The number of benzene rings is 2. The summed E-state index contributed by atoms with van der Waals surface area (Å²) in [6.45, 7) is 9.71. The monoisotopic (exact) mass is 760 g/mol. The molecular formula is C39H56N2O13. The fourth-order valence-corrected chi connectivity index (χ4v) is 5.44. The van der Waals surface area contributed by atoms with E-state index in [4.69, 9.17) is 43.0 Å². The summed E-state index contributed by atoms with van der Waals surface area (Å²) in [7, 11) is 0. The van der Waals surface area contributed by atoms with E-state index in [9.17, 15) is 19.2 Å². The standard InChI is InChI=1S/C39H56N2O13/c1-39(2,3)54-36(44)13-12-34(41-38(46)53-28-33-31-10-6-4-8-29(31)30-9-5-7-11-32(30)33)37(45)40-15-17-48-19-21-50-23-25-52-27-26-51-24-22-49-20-18-47-16-14-35(42)43/h4-11,33-34H,12-28H2,1-3H3,(H,40,45)(H,41,46)(H,42,43)/t34-/m0/s1. The molecule has 0 spiro atoms. The van der Waals surface area contributed by atoms with Crippen molar-refractivity contribution in [1.82, 2.24) is 10.6 Å². The van der Waals surface area contributed by atoms with Crippen molar-refractivity contribution in [2.75, 3.05) is 92.4 Å². The van der Waals surface area contributed by atoms with Gasteiger partial charge in [-0.3, -0.25) is 14.4 Å². The van der Waals surface area contributed by atoms with Crippen molar-refractivity contribution >= 4 is 23.9 Å². The first-order chi connectivity index (χ1) is 26.0. The van der Waals surface area contributed by atoms with Crippen molar-refractivity contribution in [2.24, 2.45) is 0 Å². The molecule has 300 valence electrons. The van der Waals surface area contributed by atoms with Gasteiger partial charge in [-0.25, -0.2) is 4.79 Å². The Morgan fingerprint density at radius 1 is 0.667 bits per heavy atom. The first kappa shape index (κ1) is 44.3. The van der Waals surface area contributed by atoms with Crippen molar-refractivity contribution in [3.63, 3.8) is 0 Å². The highest BCUT2D eigenvalue weighted by Crippen LogP contribution is 2.44. The van der Waals surface area contributed by atoms with Crippen molar-refractivity contribution in [3.8, 4) is 11.1 Å². The predicted molar refractivity (Wildman–Crippen MR) is 197 cm³/mol. The predicted octanol–water partition coefficient (Wildman–Crippen LogP) is 3.71. The minimum absolute atomic E-state index is 0.0247. The Labute approximate surface area is 317 Å². The minimum atomic E-state index is -1.03. The van der Waals surface area contributed by atoms with Crippen LogP contribution < -0.4 is 10.6 Å². The first-order valence-electron chi connectivity index (χ1n) is 18.3. The minimum Gasteiger partial charge on any atom is -0.481 e. The third-order valence-electron chi connectivity index (χ3n) is 7.88. The number of carbonyl (C=O) groups excluding carboxylic acids is 3. The van der Waals surface area contributed by atoms with Crippen LogP contribution in [0.4, 0.5) is 4.79 Å². The summed E-state index contributed by atoms with van der Waals surface area (Å²) in [6, 6.07) is 15.0. The van der Waals surface area contributed by atoms with E-state index in [0.717, 1.165) is 22.3 Å². The van der Waals surface area contributed by atoms with Crippen LogP contribution in [0.25, 0.3) is 11.1 Å². The van der Waals surface area contributed by atoms with Crippen LogP contribution in [0.1, 0.15) is 57.1 Å². The lowest BCUT2D eigenvalue weighted by Gasteiger charge is -2.22. The zero-order valence-corrected chi connectivity index (χ0v) is 31.6. The second-order valence-electron chi connectivity index (χ2n) is 13.3. The second-order valence-corrected chi connectivity index (χ2v) is 13.3. The van der Waals surface area contributed by atoms with Crippen molar-refractivity contribution in [2.45, 2.75) is 57.6 Å². The highest BCUT2D eigenvalue weighted by molar-refractivity contribution is 5.86. The molecule has 0 heterocycles. The molecule has 3 N–H and O–H groups in total. The zero-order valence-electron chi connectivity index (χ0n) is 31.6. The Balaban J connectivity index is 1.26. The molecule has 2 aromatic rings. The molecule has 2 aromatic carbocycles. The Morgan fingerprint density at radius 2 is 1.13 bits per heavy atom. The molecule has 15 nitrogen and oxygen atoms in total. The number of carboxylic acid groups (broad SMARTS) is 1. The summed E-state index contributed by atoms with van der Waals surface area (Å²) < 4.78 is 43.4. The molecule has 0 aromatic heterocycles. The molecule has 0 unspecified atom stereocenters. The molecule has 1 aliphatic carbocycles. The average molecular weight is 761 g/mol. The molecule has 3 rings (SSSR count). The van der Waals surface area contributed by atoms with Crippen LogP contribution >= 0.6 is 0 Å². The first-order valence-corrected chi connectivity index (χ1v) is 18.3. The van der Waals surface area contributed by atoms with E-state index >= 15 is 0 Å². The van der Waals surface area contributed by atoms with E-state index in [1.54, 1.807) is 20.8 Å². The number of aliphatic carboxylic acids is 1. The van der Waals surface area contributed by atoms with E-state index in [1.807, 2.05) is 36.4 Å². The maximum Gasteiger partial charge on any atom is 0.407 e. The Morgan fingerprint density at radius 3 is 1.61 bits per heavy atom. The van der Waals surface area contributed by atoms with Gasteiger partial charge in [0.15, 0.2) is 0 Å². The summed E-state index contributed by atoms with van der Waals surface area (Å²) in [5.41, 5.74) is 3.67. The number of esters is 1. The van der Waals surface area contributed by atoms with E-state index in [-0.39, 0.29) is 51.5 Å². The summed E-state index contributed by atoms with van der Waals surface area (Å²) in [5.74, 6) is -1.98. The number of carboxylic acids is 1. The van der Waals surface area contributed by atoms with Gasteiger partial charge in [0, 0.05) is 18.9 Å². The van der Waals surface area contributed by atoms with Crippen LogP contribution in [0.2, 0.25) is 0 Å². The van der Waals surface area contributed by atoms with E-state index in [0.29, 0.717) is 66.1 Å². The number of ether oxygens (including phenoxy) is 8. The maximum absolute atomic E-state index is 13.1. The lowest BCUT2D eigenvalue weighted by Crippen LogP contribution is -2.48. The van der Waals surface area contributed by atoms with Crippen LogP contribution in [0.3, 0.4) is 0 Å². The Bertz CT molecular complexity index is 1390. The van der Waals surface area contributed by atoms with Gasteiger partial charge in [-0.1, -0.05) is 48.5 Å². The summed E-state index contributed by atoms with van der Waals surface area (Å²) in [4.78, 5) is 48.9. The van der Waals surface area contributed by atoms with E-state index < -0.39 is 35.6 Å². The number of carbonyl (C=O) groups is 4. The normalized spacial score (nSPS) is 12.8. The average Bonchev–Trinajstić information content (AvgIpc) is 3.45. The molecule has 0 bridgehead atoms. The third-order valence-corrected chi connectivity index (χ3v) is 7.88. The van der Waals surface area contributed by atoms with Crippen molar-refractivity contribution in [1.29, 1.82) is 0 Å². The van der Waals surface area contributed by atoms with Gasteiger partial charge < -0.3 is 53.6 Å². The van der Waals surface area contributed by atoms with Gasteiger partial charge in [0.25, 0.3) is 0 Å². The lowest BCUT2D eigenvalue weighted by molar-refractivity contribution is -0.155. The lowest BCUT2D eigenvalue weighted by atomic mass is 9.98. The molecule has 1 aliphatic rings. The second kappa shape index (κ2) is 25.1. The fourth-order valence-electron chi connectivity index (χ4n) is 5.44. The van der Waals surface area contributed by atoms with Gasteiger partial charge in [0.1, 0.15) is 18.2 Å². The van der Waals surface area contributed by atoms with Crippen LogP contribution in [0.5, 0.6) is 0 Å². The number of amides is 2. The molecule has 0 aliphatic heterocycles. The number of alkyl carbamates (subject to hydrolysis) is 1. The smallest absolute Gasteiger partial charge is 0.407 e. The maximum atomic E-state index is 13.1. The fraction of sp³-hybridized carbons (Fsp3) is 0.590. The number of hydrogen-bond donors (Lipinski definition) is 3. The number of fused-ring (bicyclic) bond motifs is 3. The van der Waals surface area contributed by atoms with Gasteiger partial charge >= 0.3 is 18.0 Å². The molecule has 54 heavy (non-hydrogen) atoms. The van der Waals surface area contributed by atoms with Crippen molar-refractivity contribution in [3.05, 3.63) is 59.7 Å². The summed E-state index contributed by atoms with van der Waals surface area (Å²) in [6.07, 6.45) is -0.835. The third kappa shape index (κ3) is 17.8. The van der Waals surface area contributed by atoms with Gasteiger partial charge in [0.2, 0.25) is 5.91 Å². The molecular weight excluding hydrogens is 704 g/mol. The van der Waals surface area contributed by atoms with Crippen LogP contribution in [-0.4, -0.2) is 133 Å². The van der Waals surface area contributed by atoms with E-state index in [2.05, 4.69) is 22.8 Å². The van der Waals surface area contributed by atoms with Crippen molar-refractivity contribution < 1.29 is 62.2 Å². The molecule has 0 saturated carbocycles.